The molecule has 0 bridgehead atoms. The Labute approximate surface area is 89.6 Å². The first-order chi connectivity index (χ1) is 6.88. The number of rotatable bonds is 1. The summed E-state index contributed by atoms with van der Waals surface area (Å²) < 4.78 is 5.06. The van der Waals surface area contributed by atoms with Gasteiger partial charge in [-0.15, -0.1) is 0 Å². The van der Waals surface area contributed by atoms with Crippen LogP contribution >= 0.6 is 0 Å². The first-order valence-corrected chi connectivity index (χ1v) is 5.11. The average molecular weight is 214 g/mol. The molecule has 0 aromatic rings. The van der Waals surface area contributed by atoms with Gasteiger partial charge in [0.2, 0.25) is 0 Å². The van der Waals surface area contributed by atoms with Crippen LogP contribution in [0.3, 0.4) is 0 Å². The molecule has 2 N–H and O–H groups in total. The lowest BCUT2D eigenvalue weighted by atomic mass is 10.1. The largest absolute Gasteiger partial charge is 0.444 e. The third-order valence-electron chi connectivity index (χ3n) is 1.98. The van der Waals surface area contributed by atoms with Crippen molar-refractivity contribution in [2.75, 3.05) is 13.1 Å². The summed E-state index contributed by atoms with van der Waals surface area (Å²) in [6.07, 6.45) is -0.0787. The van der Waals surface area contributed by atoms with Crippen LogP contribution in [-0.4, -0.2) is 36.6 Å². The summed E-state index contributed by atoms with van der Waals surface area (Å²) in [7, 11) is 0. The zero-order valence-electron chi connectivity index (χ0n) is 9.42. The third-order valence-corrected chi connectivity index (χ3v) is 1.98. The highest BCUT2D eigenvalue weighted by Crippen LogP contribution is 2.07. The van der Waals surface area contributed by atoms with Crippen molar-refractivity contribution in [1.82, 2.24) is 10.6 Å². The maximum Gasteiger partial charge on any atom is 0.408 e. The third kappa shape index (κ3) is 4.29. The molecule has 1 aliphatic heterocycles. The van der Waals surface area contributed by atoms with E-state index in [1.54, 1.807) is 20.8 Å². The van der Waals surface area contributed by atoms with Crippen molar-refractivity contribution in [1.29, 1.82) is 0 Å². The lowest BCUT2D eigenvalue weighted by Crippen LogP contribution is -2.52. The van der Waals surface area contributed by atoms with Crippen molar-refractivity contribution >= 4 is 11.9 Å². The average Bonchev–Trinajstić information content (AvgIpc) is 2.05. The molecular weight excluding hydrogens is 196 g/mol. The zero-order valence-corrected chi connectivity index (χ0v) is 9.42. The number of piperidine rings is 1. The summed E-state index contributed by atoms with van der Waals surface area (Å²) in [5.41, 5.74) is -0.533. The molecule has 0 aromatic carbocycles. The van der Waals surface area contributed by atoms with Gasteiger partial charge < -0.3 is 15.4 Å². The first-order valence-electron chi connectivity index (χ1n) is 5.11. The van der Waals surface area contributed by atoms with Crippen LogP contribution in [0.2, 0.25) is 0 Å². The van der Waals surface area contributed by atoms with E-state index in [-0.39, 0.29) is 5.78 Å². The van der Waals surface area contributed by atoms with Gasteiger partial charge in [0, 0.05) is 19.5 Å². The highest BCUT2D eigenvalue weighted by molar-refractivity contribution is 5.88. The van der Waals surface area contributed by atoms with Crippen molar-refractivity contribution in [3.05, 3.63) is 0 Å². The van der Waals surface area contributed by atoms with E-state index in [2.05, 4.69) is 10.6 Å². The van der Waals surface area contributed by atoms with Crippen LogP contribution in [-0.2, 0) is 9.53 Å². The topological polar surface area (TPSA) is 67.4 Å². The van der Waals surface area contributed by atoms with E-state index in [0.717, 1.165) is 0 Å². The summed E-state index contributed by atoms with van der Waals surface area (Å²) in [4.78, 5) is 22.7. The number of carbonyl (C=O) groups excluding carboxylic acids is 2. The van der Waals surface area contributed by atoms with Crippen LogP contribution in [0, 0.1) is 0 Å². The molecule has 1 fully saturated rings. The van der Waals surface area contributed by atoms with Crippen molar-refractivity contribution in [3.63, 3.8) is 0 Å². The van der Waals surface area contributed by atoms with E-state index in [1.165, 1.54) is 0 Å². The minimum Gasteiger partial charge on any atom is -0.444 e. The lowest BCUT2D eigenvalue weighted by molar-refractivity contribution is -0.121. The second-order valence-corrected chi connectivity index (χ2v) is 4.62. The van der Waals surface area contributed by atoms with Gasteiger partial charge in [-0.05, 0) is 20.8 Å². The lowest BCUT2D eigenvalue weighted by Gasteiger charge is -2.25. The highest BCUT2D eigenvalue weighted by atomic mass is 16.6. The van der Waals surface area contributed by atoms with Gasteiger partial charge in [0.1, 0.15) is 11.6 Å². The van der Waals surface area contributed by atoms with Crippen molar-refractivity contribution in [3.8, 4) is 0 Å². The normalized spacial score (nSPS) is 22.3. The fourth-order valence-electron chi connectivity index (χ4n) is 1.33. The Morgan fingerprint density at radius 2 is 2.20 bits per heavy atom. The van der Waals surface area contributed by atoms with Crippen LogP contribution in [0.25, 0.3) is 0 Å². The summed E-state index contributed by atoms with van der Waals surface area (Å²) in [6.45, 7) is 6.53. The van der Waals surface area contributed by atoms with Crippen LogP contribution in [0.1, 0.15) is 27.2 Å². The Hall–Kier alpha value is -1.10. The molecule has 5 nitrogen and oxygen atoms in total. The van der Waals surface area contributed by atoms with Crippen molar-refractivity contribution < 1.29 is 14.3 Å². The molecule has 0 saturated carbocycles. The number of hydrogen-bond donors (Lipinski definition) is 2. The van der Waals surface area contributed by atoms with Gasteiger partial charge in [-0.1, -0.05) is 0 Å². The molecule has 0 spiro atoms. The standard InChI is InChI=1S/C10H18N2O3/c1-10(2,3)15-9(14)12-7-6-11-5-4-8(7)13/h7,11H,4-6H2,1-3H3,(H,12,14). The molecule has 0 aromatic heterocycles. The SMILES string of the molecule is CC(C)(C)OC(=O)NC1CNCCC1=O. The fourth-order valence-corrected chi connectivity index (χ4v) is 1.33. The van der Waals surface area contributed by atoms with E-state index >= 15 is 0 Å². The Kier molecular flexibility index (Phi) is 3.68. The van der Waals surface area contributed by atoms with E-state index in [4.69, 9.17) is 4.74 Å². The number of nitrogens with one attached hydrogen (secondary N) is 2. The smallest absolute Gasteiger partial charge is 0.408 e. The molecule has 0 radical (unpaired) electrons. The number of amides is 1. The van der Waals surface area contributed by atoms with E-state index in [9.17, 15) is 9.59 Å². The number of alkyl carbamates (subject to hydrolysis) is 1. The maximum absolute atomic E-state index is 11.4. The van der Waals surface area contributed by atoms with Gasteiger partial charge in [-0.2, -0.15) is 0 Å². The minimum absolute atomic E-state index is 0.0552. The first kappa shape index (κ1) is 12.0. The van der Waals surface area contributed by atoms with E-state index < -0.39 is 17.7 Å². The monoisotopic (exact) mass is 214 g/mol. The van der Waals surface area contributed by atoms with Gasteiger partial charge >= 0.3 is 6.09 Å². The van der Waals surface area contributed by atoms with Gasteiger partial charge in [0.15, 0.2) is 5.78 Å². The van der Waals surface area contributed by atoms with Crippen molar-refractivity contribution in [2.24, 2.45) is 0 Å². The number of ketones is 1. The van der Waals surface area contributed by atoms with Crippen LogP contribution in [0.15, 0.2) is 0 Å². The number of hydrogen-bond acceptors (Lipinski definition) is 4. The Morgan fingerprint density at radius 3 is 2.73 bits per heavy atom. The predicted octanol–water partition coefficient (Wildman–Crippen LogP) is 0.442. The predicted molar refractivity (Wildman–Crippen MR) is 55.7 cm³/mol. The molecule has 1 saturated heterocycles. The number of Topliss-reactive ketones (excluding diaryl/α,β-unsaturated/α-hetero) is 1. The van der Waals surface area contributed by atoms with Crippen LogP contribution in [0.5, 0.6) is 0 Å². The molecule has 1 heterocycles. The molecular formula is C10H18N2O3. The van der Waals surface area contributed by atoms with Gasteiger partial charge in [-0.3, -0.25) is 4.79 Å². The summed E-state index contributed by atoms with van der Waals surface area (Å²) in [5, 5.41) is 5.59. The van der Waals surface area contributed by atoms with Crippen molar-refractivity contribution in [2.45, 2.75) is 38.8 Å². The molecule has 1 aliphatic rings. The molecule has 1 rings (SSSR count). The van der Waals surface area contributed by atoms with Crippen LogP contribution in [0.4, 0.5) is 4.79 Å². The second kappa shape index (κ2) is 4.61. The molecule has 5 heteroatoms. The minimum atomic E-state index is -0.537. The van der Waals surface area contributed by atoms with Gasteiger partial charge in [0.25, 0.3) is 0 Å². The molecule has 86 valence electrons. The highest BCUT2D eigenvalue weighted by Gasteiger charge is 2.25. The molecule has 0 aliphatic carbocycles. The fraction of sp³-hybridized carbons (Fsp3) is 0.800. The van der Waals surface area contributed by atoms with Gasteiger partial charge in [0.05, 0.1) is 0 Å². The Bertz CT molecular complexity index is 258. The maximum atomic E-state index is 11.4. The molecule has 15 heavy (non-hydrogen) atoms. The molecule has 1 amide bonds. The number of ether oxygens (including phenoxy) is 1. The van der Waals surface area contributed by atoms with E-state index in [0.29, 0.717) is 19.5 Å². The number of carbonyl (C=O) groups is 2. The second-order valence-electron chi connectivity index (χ2n) is 4.62. The summed E-state index contributed by atoms with van der Waals surface area (Å²) >= 11 is 0. The quantitative estimate of drug-likeness (QED) is 0.664. The summed E-state index contributed by atoms with van der Waals surface area (Å²) in [6, 6.07) is -0.450. The van der Waals surface area contributed by atoms with Crippen LogP contribution < -0.4 is 10.6 Å². The molecule has 1 unspecified atom stereocenters. The van der Waals surface area contributed by atoms with Gasteiger partial charge in [-0.25, -0.2) is 4.79 Å². The zero-order chi connectivity index (χ0) is 11.5. The van der Waals surface area contributed by atoms with E-state index in [1.807, 2.05) is 0 Å². The summed E-state index contributed by atoms with van der Waals surface area (Å²) in [5.74, 6) is 0.0552. The Morgan fingerprint density at radius 1 is 1.53 bits per heavy atom. The molecule has 1 atom stereocenters. The Balaban J connectivity index is 2.40.